The molecule has 1 aromatic carbocycles. The van der Waals surface area contributed by atoms with Gasteiger partial charge >= 0.3 is 6.09 Å². The van der Waals surface area contributed by atoms with Crippen molar-refractivity contribution in [3.8, 4) is 0 Å². The fourth-order valence-electron chi connectivity index (χ4n) is 3.98. The van der Waals surface area contributed by atoms with Crippen LogP contribution in [0.5, 0.6) is 0 Å². The number of nitrogens with one attached hydrogen (secondary N) is 1. The van der Waals surface area contributed by atoms with Crippen LogP contribution in [0.25, 0.3) is 0 Å². The first-order valence-corrected chi connectivity index (χ1v) is 10.6. The predicted molar refractivity (Wildman–Crippen MR) is 115 cm³/mol. The second-order valence-electron chi connectivity index (χ2n) is 9.49. The van der Waals surface area contributed by atoms with Gasteiger partial charge in [-0.05, 0) is 37.2 Å². The van der Waals surface area contributed by atoms with Crippen molar-refractivity contribution >= 4 is 11.8 Å². The van der Waals surface area contributed by atoms with Gasteiger partial charge in [0.15, 0.2) is 6.10 Å². The molecule has 9 nitrogen and oxygen atoms in total. The van der Waals surface area contributed by atoms with E-state index in [1.54, 1.807) is 4.68 Å². The van der Waals surface area contributed by atoms with E-state index in [2.05, 4.69) is 36.4 Å². The quantitative estimate of drug-likeness (QED) is 0.781. The maximum Gasteiger partial charge on any atom is 0.412 e. The average Bonchev–Trinajstić information content (AvgIpc) is 3.39. The fraction of sp³-hybridized carbons (Fsp3) is 0.591. The Labute approximate surface area is 182 Å². The van der Waals surface area contributed by atoms with Crippen molar-refractivity contribution in [3.05, 3.63) is 41.7 Å². The first-order chi connectivity index (χ1) is 14.7. The van der Waals surface area contributed by atoms with Crippen LogP contribution in [0.3, 0.4) is 0 Å². The lowest BCUT2D eigenvalue weighted by Crippen LogP contribution is -2.34. The lowest BCUT2D eigenvalue weighted by Gasteiger charge is -2.20. The minimum atomic E-state index is -0.515. The van der Waals surface area contributed by atoms with Gasteiger partial charge in [-0.1, -0.05) is 38.1 Å². The SMILES string of the molecule is CN(C)Cc1cn(C2COC3C(OC(=O)Nc4ccc(C(C)(C)C)cc4)COC32)nn1. The highest BCUT2D eigenvalue weighted by atomic mass is 16.6. The lowest BCUT2D eigenvalue weighted by atomic mass is 9.87. The first-order valence-electron chi connectivity index (χ1n) is 10.6. The highest BCUT2D eigenvalue weighted by molar-refractivity contribution is 5.84. The Balaban J connectivity index is 1.33. The van der Waals surface area contributed by atoms with Gasteiger partial charge in [-0.15, -0.1) is 5.10 Å². The molecule has 2 saturated heterocycles. The molecule has 1 amide bonds. The monoisotopic (exact) mass is 429 g/mol. The zero-order valence-corrected chi connectivity index (χ0v) is 18.7. The highest BCUT2D eigenvalue weighted by Gasteiger charge is 2.50. The molecule has 4 atom stereocenters. The van der Waals surface area contributed by atoms with Crippen molar-refractivity contribution in [2.45, 2.75) is 57.1 Å². The third-order valence-electron chi connectivity index (χ3n) is 5.61. The molecule has 4 unspecified atom stereocenters. The van der Waals surface area contributed by atoms with Gasteiger partial charge in [0.25, 0.3) is 0 Å². The number of fused-ring (bicyclic) bond motifs is 1. The summed E-state index contributed by atoms with van der Waals surface area (Å²) >= 11 is 0. The standard InChI is InChI=1S/C22H31N5O4/c1-22(2,3)14-6-8-15(9-7-14)23-21(28)31-18-13-30-19-17(12-29-20(18)19)27-11-16(24-25-27)10-26(4)5/h6-9,11,17-20H,10,12-13H2,1-5H3,(H,23,28). The predicted octanol–water partition coefficient (Wildman–Crippen LogP) is 2.59. The second-order valence-corrected chi connectivity index (χ2v) is 9.49. The van der Waals surface area contributed by atoms with Crippen molar-refractivity contribution in [1.29, 1.82) is 0 Å². The van der Waals surface area contributed by atoms with Crippen molar-refractivity contribution in [2.75, 3.05) is 32.6 Å². The molecule has 2 aromatic rings. The van der Waals surface area contributed by atoms with Crippen LogP contribution >= 0.6 is 0 Å². The zero-order chi connectivity index (χ0) is 22.2. The number of carbonyl (C=O) groups excluding carboxylic acids is 1. The van der Waals surface area contributed by atoms with Gasteiger partial charge in [0.05, 0.1) is 25.1 Å². The third kappa shape index (κ3) is 4.89. The largest absolute Gasteiger partial charge is 0.441 e. The molecule has 31 heavy (non-hydrogen) atoms. The van der Waals surface area contributed by atoms with Gasteiger partial charge in [-0.3, -0.25) is 5.32 Å². The highest BCUT2D eigenvalue weighted by Crippen LogP contribution is 2.35. The summed E-state index contributed by atoms with van der Waals surface area (Å²) in [5.41, 5.74) is 2.83. The Kier molecular flexibility index (Phi) is 6.00. The first kappa shape index (κ1) is 21.7. The van der Waals surface area contributed by atoms with Gasteiger partial charge in [0, 0.05) is 12.2 Å². The smallest absolute Gasteiger partial charge is 0.412 e. The molecule has 9 heteroatoms. The average molecular weight is 430 g/mol. The Morgan fingerprint density at radius 1 is 1.19 bits per heavy atom. The summed E-state index contributed by atoms with van der Waals surface area (Å²) in [6, 6.07) is 7.70. The van der Waals surface area contributed by atoms with E-state index in [1.807, 2.05) is 49.5 Å². The normalized spacial score (nSPS) is 25.6. The van der Waals surface area contributed by atoms with E-state index in [0.717, 1.165) is 5.69 Å². The number of rotatable bonds is 5. The second kappa shape index (κ2) is 8.57. The van der Waals surface area contributed by atoms with E-state index >= 15 is 0 Å². The van der Waals surface area contributed by atoms with E-state index in [4.69, 9.17) is 14.2 Å². The number of benzene rings is 1. The molecule has 4 rings (SSSR count). The van der Waals surface area contributed by atoms with Crippen LogP contribution in [0.2, 0.25) is 0 Å². The number of hydrogen-bond acceptors (Lipinski definition) is 7. The van der Waals surface area contributed by atoms with Crippen molar-refractivity contribution < 1.29 is 19.0 Å². The van der Waals surface area contributed by atoms with E-state index in [9.17, 15) is 4.79 Å². The third-order valence-corrected chi connectivity index (χ3v) is 5.61. The molecule has 2 aliphatic rings. The molecule has 0 bridgehead atoms. The number of anilines is 1. The van der Waals surface area contributed by atoms with Crippen LogP contribution in [0.4, 0.5) is 10.5 Å². The van der Waals surface area contributed by atoms with Crippen molar-refractivity contribution in [3.63, 3.8) is 0 Å². The molecule has 3 heterocycles. The minimum absolute atomic E-state index is 0.0584. The van der Waals surface area contributed by atoms with Crippen LogP contribution in [-0.2, 0) is 26.2 Å². The summed E-state index contributed by atoms with van der Waals surface area (Å²) in [4.78, 5) is 14.5. The zero-order valence-electron chi connectivity index (χ0n) is 18.7. The number of hydrogen-bond donors (Lipinski definition) is 1. The van der Waals surface area contributed by atoms with Crippen LogP contribution < -0.4 is 5.32 Å². The molecule has 1 N–H and O–H groups in total. The van der Waals surface area contributed by atoms with Crippen LogP contribution in [0.15, 0.2) is 30.5 Å². The Bertz CT molecular complexity index is 905. The number of nitrogens with zero attached hydrogens (tertiary/aromatic N) is 4. The van der Waals surface area contributed by atoms with Crippen molar-refractivity contribution in [1.82, 2.24) is 19.9 Å². The molecule has 2 aliphatic heterocycles. The van der Waals surface area contributed by atoms with Gasteiger partial charge in [-0.25, -0.2) is 9.48 Å². The van der Waals surface area contributed by atoms with Gasteiger partial charge < -0.3 is 19.1 Å². The number of amides is 1. The maximum atomic E-state index is 12.4. The maximum absolute atomic E-state index is 12.4. The molecule has 0 radical (unpaired) electrons. The topological polar surface area (TPSA) is 90.7 Å². The van der Waals surface area contributed by atoms with Gasteiger partial charge in [0.2, 0.25) is 0 Å². The van der Waals surface area contributed by atoms with Gasteiger partial charge in [0.1, 0.15) is 18.2 Å². The van der Waals surface area contributed by atoms with E-state index in [0.29, 0.717) is 25.4 Å². The lowest BCUT2D eigenvalue weighted by molar-refractivity contribution is 0.00770. The summed E-state index contributed by atoms with van der Waals surface area (Å²) in [5.74, 6) is 0. The molecule has 1 aromatic heterocycles. The Hall–Kier alpha value is -2.49. The summed E-state index contributed by atoms with van der Waals surface area (Å²) in [6.45, 7) is 7.90. The molecule has 0 aliphatic carbocycles. The molecule has 168 valence electrons. The summed E-state index contributed by atoms with van der Waals surface area (Å²) in [6.07, 6.45) is 0.396. The molecular formula is C22H31N5O4. The fourth-order valence-corrected chi connectivity index (χ4v) is 3.98. The summed E-state index contributed by atoms with van der Waals surface area (Å²) < 4.78 is 19.3. The molecular weight excluding hydrogens is 398 g/mol. The van der Waals surface area contributed by atoms with E-state index < -0.39 is 12.2 Å². The minimum Gasteiger partial charge on any atom is -0.441 e. The Morgan fingerprint density at radius 3 is 2.58 bits per heavy atom. The van der Waals surface area contributed by atoms with Crippen LogP contribution in [0, 0.1) is 0 Å². The molecule has 0 saturated carbocycles. The van der Waals surface area contributed by atoms with E-state index in [1.165, 1.54) is 5.56 Å². The summed E-state index contributed by atoms with van der Waals surface area (Å²) in [7, 11) is 3.97. The number of carbonyl (C=O) groups is 1. The number of aromatic nitrogens is 3. The van der Waals surface area contributed by atoms with Crippen molar-refractivity contribution in [2.24, 2.45) is 0 Å². The van der Waals surface area contributed by atoms with Crippen LogP contribution in [-0.4, -0.2) is 71.6 Å². The number of ether oxygens (including phenoxy) is 3. The van der Waals surface area contributed by atoms with E-state index in [-0.39, 0.29) is 23.7 Å². The summed E-state index contributed by atoms with van der Waals surface area (Å²) in [5, 5.41) is 11.2. The Morgan fingerprint density at radius 2 is 1.90 bits per heavy atom. The molecule has 2 fully saturated rings. The van der Waals surface area contributed by atoms with Gasteiger partial charge in [-0.2, -0.15) is 0 Å². The van der Waals surface area contributed by atoms with Crippen LogP contribution in [0.1, 0.15) is 38.1 Å². The molecule has 0 spiro atoms.